The molecule has 0 atom stereocenters. The maximum Gasteiger partial charge on any atom is 0.223 e. The summed E-state index contributed by atoms with van der Waals surface area (Å²) in [5.41, 5.74) is 0.515. The minimum atomic E-state index is 0.205. The summed E-state index contributed by atoms with van der Waals surface area (Å²) in [4.78, 5) is 12.9. The van der Waals surface area contributed by atoms with Gasteiger partial charge in [0.1, 0.15) is 0 Å². The van der Waals surface area contributed by atoms with Crippen molar-refractivity contribution in [2.24, 2.45) is 5.41 Å². The van der Waals surface area contributed by atoms with E-state index in [1.54, 1.807) is 19.0 Å². The molecule has 14 heavy (non-hydrogen) atoms. The first-order valence-corrected chi connectivity index (χ1v) is 5.44. The van der Waals surface area contributed by atoms with Crippen molar-refractivity contribution >= 4 is 5.91 Å². The smallest absolute Gasteiger partial charge is 0.223 e. The summed E-state index contributed by atoms with van der Waals surface area (Å²) in [6.45, 7) is 4.19. The van der Waals surface area contributed by atoms with Gasteiger partial charge in [0, 0.05) is 33.6 Å². The molecule has 0 radical (unpaired) electrons. The second-order valence-corrected chi connectivity index (χ2v) is 4.88. The topological polar surface area (TPSA) is 32.3 Å². The standard InChI is InChI=1S/C11H22N2O/c1-11(6-4-7-11)9-12-8-5-10(14)13(2)3/h12H,4-9H2,1-3H3. The van der Waals surface area contributed by atoms with Gasteiger partial charge in [-0.3, -0.25) is 4.79 Å². The Hall–Kier alpha value is -0.570. The molecule has 0 spiro atoms. The van der Waals surface area contributed by atoms with Gasteiger partial charge < -0.3 is 10.2 Å². The maximum atomic E-state index is 11.2. The van der Waals surface area contributed by atoms with Crippen molar-refractivity contribution in [1.29, 1.82) is 0 Å². The van der Waals surface area contributed by atoms with E-state index in [4.69, 9.17) is 0 Å². The summed E-state index contributed by atoms with van der Waals surface area (Å²) in [5, 5.41) is 3.37. The molecule has 0 saturated heterocycles. The molecule has 3 heteroatoms. The van der Waals surface area contributed by atoms with Crippen LogP contribution in [0.5, 0.6) is 0 Å². The fourth-order valence-corrected chi connectivity index (χ4v) is 1.77. The summed E-state index contributed by atoms with van der Waals surface area (Å²) in [6.07, 6.45) is 4.65. The second-order valence-electron chi connectivity index (χ2n) is 4.88. The Labute approximate surface area is 86.9 Å². The minimum Gasteiger partial charge on any atom is -0.349 e. The first-order chi connectivity index (χ1) is 6.53. The molecule has 1 N–H and O–H groups in total. The van der Waals surface area contributed by atoms with E-state index in [9.17, 15) is 4.79 Å². The van der Waals surface area contributed by atoms with Gasteiger partial charge >= 0.3 is 0 Å². The highest BCUT2D eigenvalue weighted by atomic mass is 16.2. The van der Waals surface area contributed by atoms with Crippen LogP contribution in [0, 0.1) is 5.41 Å². The number of nitrogens with one attached hydrogen (secondary N) is 1. The molecule has 0 heterocycles. The third kappa shape index (κ3) is 3.29. The largest absolute Gasteiger partial charge is 0.349 e. The highest BCUT2D eigenvalue weighted by Crippen LogP contribution is 2.39. The van der Waals surface area contributed by atoms with Gasteiger partial charge in [-0.2, -0.15) is 0 Å². The Morgan fingerprint density at radius 1 is 1.43 bits per heavy atom. The van der Waals surface area contributed by atoms with Crippen LogP contribution >= 0.6 is 0 Å². The molecule has 82 valence electrons. The molecule has 1 amide bonds. The molecule has 1 saturated carbocycles. The lowest BCUT2D eigenvalue weighted by Gasteiger charge is -2.38. The van der Waals surface area contributed by atoms with Gasteiger partial charge in [-0.15, -0.1) is 0 Å². The van der Waals surface area contributed by atoms with Crippen LogP contribution in [-0.4, -0.2) is 38.0 Å². The van der Waals surface area contributed by atoms with E-state index >= 15 is 0 Å². The van der Waals surface area contributed by atoms with Crippen molar-refractivity contribution < 1.29 is 4.79 Å². The SMILES string of the molecule is CN(C)C(=O)CCNCC1(C)CCC1. The average Bonchev–Trinajstić information content (AvgIpc) is 2.09. The summed E-state index contributed by atoms with van der Waals surface area (Å²) in [6, 6.07) is 0. The third-order valence-corrected chi connectivity index (χ3v) is 3.13. The van der Waals surface area contributed by atoms with E-state index in [-0.39, 0.29) is 5.91 Å². The van der Waals surface area contributed by atoms with E-state index in [0.29, 0.717) is 11.8 Å². The van der Waals surface area contributed by atoms with Gasteiger partial charge in [-0.05, 0) is 18.3 Å². The normalized spacial score (nSPS) is 18.8. The molecule has 0 aliphatic heterocycles. The number of hydrogen-bond acceptors (Lipinski definition) is 2. The Morgan fingerprint density at radius 2 is 2.07 bits per heavy atom. The van der Waals surface area contributed by atoms with Crippen molar-refractivity contribution in [3.8, 4) is 0 Å². The first-order valence-electron chi connectivity index (χ1n) is 5.44. The van der Waals surface area contributed by atoms with Crippen LogP contribution in [0.4, 0.5) is 0 Å². The van der Waals surface area contributed by atoms with E-state index in [2.05, 4.69) is 12.2 Å². The zero-order valence-corrected chi connectivity index (χ0v) is 9.60. The zero-order valence-electron chi connectivity index (χ0n) is 9.60. The van der Waals surface area contributed by atoms with Crippen molar-refractivity contribution in [1.82, 2.24) is 10.2 Å². The van der Waals surface area contributed by atoms with Crippen molar-refractivity contribution in [2.75, 3.05) is 27.2 Å². The lowest BCUT2D eigenvalue weighted by Crippen LogP contribution is -2.38. The number of nitrogens with zero attached hydrogens (tertiary/aromatic N) is 1. The van der Waals surface area contributed by atoms with Gasteiger partial charge in [0.2, 0.25) is 5.91 Å². The predicted octanol–water partition coefficient (Wildman–Crippen LogP) is 1.24. The van der Waals surface area contributed by atoms with Crippen molar-refractivity contribution in [2.45, 2.75) is 32.6 Å². The first kappa shape index (κ1) is 11.5. The predicted molar refractivity (Wildman–Crippen MR) is 58.1 cm³/mol. The summed E-state index contributed by atoms with van der Waals surface area (Å²) >= 11 is 0. The van der Waals surface area contributed by atoms with E-state index in [1.807, 2.05) is 0 Å². The van der Waals surface area contributed by atoms with Gasteiger partial charge in [0.05, 0.1) is 0 Å². The highest BCUT2D eigenvalue weighted by molar-refractivity contribution is 5.75. The van der Waals surface area contributed by atoms with Crippen molar-refractivity contribution in [3.05, 3.63) is 0 Å². The van der Waals surface area contributed by atoms with E-state index < -0.39 is 0 Å². The van der Waals surface area contributed by atoms with Crippen LogP contribution in [-0.2, 0) is 4.79 Å². The Bertz CT molecular complexity index is 197. The van der Waals surface area contributed by atoms with Crippen LogP contribution in [0.2, 0.25) is 0 Å². The van der Waals surface area contributed by atoms with Crippen LogP contribution in [0.15, 0.2) is 0 Å². The fourth-order valence-electron chi connectivity index (χ4n) is 1.77. The van der Waals surface area contributed by atoms with Gasteiger partial charge in [-0.25, -0.2) is 0 Å². The third-order valence-electron chi connectivity index (χ3n) is 3.13. The molecule has 1 aliphatic rings. The summed E-state index contributed by atoms with van der Waals surface area (Å²) < 4.78 is 0. The molecule has 1 rings (SSSR count). The van der Waals surface area contributed by atoms with Gasteiger partial charge in [-0.1, -0.05) is 13.3 Å². The Morgan fingerprint density at radius 3 is 2.50 bits per heavy atom. The lowest BCUT2D eigenvalue weighted by atomic mass is 9.70. The zero-order chi connectivity index (χ0) is 10.6. The minimum absolute atomic E-state index is 0.205. The van der Waals surface area contributed by atoms with Crippen LogP contribution in [0.3, 0.4) is 0 Å². The lowest BCUT2D eigenvalue weighted by molar-refractivity contribution is -0.128. The highest BCUT2D eigenvalue weighted by Gasteiger charge is 2.30. The monoisotopic (exact) mass is 198 g/mol. The molecule has 0 unspecified atom stereocenters. The van der Waals surface area contributed by atoms with Crippen molar-refractivity contribution in [3.63, 3.8) is 0 Å². The van der Waals surface area contributed by atoms with Gasteiger partial charge in [0.15, 0.2) is 0 Å². The quantitative estimate of drug-likeness (QED) is 0.674. The summed E-state index contributed by atoms with van der Waals surface area (Å²) in [5.74, 6) is 0.205. The number of rotatable bonds is 5. The molecule has 0 aromatic heterocycles. The molecular formula is C11H22N2O. The molecule has 1 fully saturated rings. The molecule has 3 nitrogen and oxygen atoms in total. The number of hydrogen-bond donors (Lipinski definition) is 1. The van der Waals surface area contributed by atoms with Crippen LogP contribution in [0.1, 0.15) is 32.6 Å². The molecule has 0 aromatic rings. The van der Waals surface area contributed by atoms with E-state index in [1.165, 1.54) is 19.3 Å². The fraction of sp³-hybridized carbons (Fsp3) is 0.909. The number of carbonyl (C=O) groups is 1. The molecular weight excluding hydrogens is 176 g/mol. The average molecular weight is 198 g/mol. The second kappa shape index (κ2) is 4.78. The van der Waals surface area contributed by atoms with E-state index in [0.717, 1.165) is 13.1 Å². The van der Waals surface area contributed by atoms with Gasteiger partial charge in [0.25, 0.3) is 0 Å². The molecule has 1 aliphatic carbocycles. The maximum absolute atomic E-state index is 11.2. The molecule has 0 aromatic carbocycles. The molecule has 0 bridgehead atoms. The van der Waals surface area contributed by atoms with Crippen LogP contribution < -0.4 is 5.32 Å². The number of amides is 1. The Kier molecular flexibility index (Phi) is 3.93. The summed E-state index contributed by atoms with van der Waals surface area (Å²) in [7, 11) is 3.60. The van der Waals surface area contributed by atoms with Crippen LogP contribution in [0.25, 0.3) is 0 Å². The number of carbonyl (C=O) groups excluding carboxylic acids is 1. The Balaban J connectivity index is 2.02.